The van der Waals surface area contributed by atoms with Crippen molar-refractivity contribution in [2.45, 2.75) is 77.2 Å². The van der Waals surface area contributed by atoms with Crippen molar-refractivity contribution >= 4 is 0 Å². The number of hydrogen-bond acceptors (Lipinski definition) is 1. The molecule has 1 nitrogen and oxygen atoms in total. The summed E-state index contributed by atoms with van der Waals surface area (Å²) in [5.41, 5.74) is 1.92. The summed E-state index contributed by atoms with van der Waals surface area (Å²) >= 11 is 0. The number of hydrogen-bond donors (Lipinski definition) is 1. The third-order valence-electron chi connectivity index (χ3n) is 5.52. The predicted octanol–water partition coefficient (Wildman–Crippen LogP) is 5.30. The Morgan fingerprint density at radius 2 is 1.71 bits per heavy atom. The summed E-state index contributed by atoms with van der Waals surface area (Å²) in [4.78, 5) is 0. The van der Waals surface area contributed by atoms with Gasteiger partial charge in [-0.25, -0.2) is 0 Å². The molecule has 0 spiro atoms. The standard InChI is InChI=1S/C20H33N/c1-4-16-21-19(17(3)5-2)20(14-10-7-11-15-20)18-12-8-6-9-13-18/h6,8-9,12-13,17,19,21H,4-5,7,10-11,14-16H2,1-3H3. The molecule has 1 aromatic carbocycles. The minimum absolute atomic E-state index is 0.351. The molecule has 21 heavy (non-hydrogen) atoms. The van der Waals surface area contributed by atoms with Gasteiger partial charge in [0.2, 0.25) is 0 Å². The maximum absolute atomic E-state index is 3.93. The van der Waals surface area contributed by atoms with Crippen LogP contribution in [0.1, 0.15) is 71.3 Å². The number of benzene rings is 1. The molecule has 0 bridgehead atoms. The van der Waals surface area contributed by atoms with Gasteiger partial charge in [0, 0.05) is 11.5 Å². The zero-order chi connectivity index (χ0) is 15.1. The fourth-order valence-electron chi connectivity index (χ4n) is 4.21. The van der Waals surface area contributed by atoms with Crippen LogP contribution in [0.5, 0.6) is 0 Å². The van der Waals surface area contributed by atoms with Crippen molar-refractivity contribution in [1.29, 1.82) is 0 Å². The third-order valence-corrected chi connectivity index (χ3v) is 5.52. The molecule has 0 aliphatic heterocycles. The van der Waals surface area contributed by atoms with Gasteiger partial charge in [0.25, 0.3) is 0 Å². The normalized spacial score (nSPS) is 20.9. The van der Waals surface area contributed by atoms with Gasteiger partial charge in [0.05, 0.1) is 0 Å². The van der Waals surface area contributed by atoms with E-state index in [9.17, 15) is 0 Å². The van der Waals surface area contributed by atoms with Gasteiger partial charge in [0.1, 0.15) is 0 Å². The highest BCUT2D eigenvalue weighted by Crippen LogP contribution is 2.44. The first-order valence-corrected chi connectivity index (χ1v) is 9.03. The van der Waals surface area contributed by atoms with Crippen LogP contribution >= 0.6 is 0 Å². The lowest BCUT2D eigenvalue weighted by atomic mass is 9.62. The van der Waals surface area contributed by atoms with Crippen molar-refractivity contribution in [3.05, 3.63) is 35.9 Å². The van der Waals surface area contributed by atoms with E-state index in [4.69, 9.17) is 0 Å². The lowest BCUT2D eigenvalue weighted by Gasteiger charge is -2.47. The molecular formula is C20H33N. The van der Waals surface area contributed by atoms with E-state index in [1.807, 2.05) is 0 Å². The molecule has 2 atom stereocenters. The Kier molecular flexibility index (Phi) is 6.29. The highest BCUT2D eigenvalue weighted by molar-refractivity contribution is 5.29. The molecule has 2 unspecified atom stereocenters. The molecule has 1 aliphatic rings. The molecule has 2 rings (SSSR count). The molecule has 1 aromatic rings. The topological polar surface area (TPSA) is 12.0 Å². The molecular weight excluding hydrogens is 254 g/mol. The van der Waals surface area contributed by atoms with Gasteiger partial charge in [-0.1, -0.05) is 76.8 Å². The lowest BCUT2D eigenvalue weighted by Crippen LogP contribution is -2.53. The molecule has 0 radical (unpaired) electrons. The van der Waals surface area contributed by atoms with Crippen LogP contribution in [0.15, 0.2) is 30.3 Å². The minimum Gasteiger partial charge on any atom is -0.313 e. The molecule has 0 saturated heterocycles. The van der Waals surface area contributed by atoms with Crippen molar-refractivity contribution in [3.8, 4) is 0 Å². The molecule has 0 aromatic heterocycles. The van der Waals surface area contributed by atoms with Crippen LogP contribution in [-0.4, -0.2) is 12.6 Å². The Bertz CT molecular complexity index is 392. The van der Waals surface area contributed by atoms with Crippen LogP contribution in [0.3, 0.4) is 0 Å². The summed E-state index contributed by atoms with van der Waals surface area (Å²) in [6, 6.07) is 11.9. The molecule has 0 heterocycles. The van der Waals surface area contributed by atoms with Gasteiger partial charge in [0.15, 0.2) is 0 Å². The summed E-state index contributed by atoms with van der Waals surface area (Å²) in [6.45, 7) is 8.19. The van der Waals surface area contributed by atoms with E-state index in [1.54, 1.807) is 5.56 Å². The van der Waals surface area contributed by atoms with Crippen LogP contribution in [-0.2, 0) is 5.41 Å². The molecule has 1 heteroatoms. The summed E-state index contributed by atoms with van der Waals surface area (Å²) in [5, 5.41) is 3.93. The van der Waals surface area contributed by atoms with Gasteiger partial charge in [-0.3, -0.25) is 0 Å². The zero-order valence-corrected chi connectivity index (χ0v) is 14.2. The molecule has 1 saturated carbocycles. The van der Waals surface area contributed by atoms with E-state index in [0.29, 0.717) is 11.5 Å². The Labute approximate surface area is 131 Å². The Morgan fingerprint density at radius 3 is 2.29 bits per heavy atom. The smallest absolute Gasteiger partial charge is 0.0189 e. The van der Waals surface area contributed by atoms with Crippen LogP contribution in [0.4, 0.5) is 0 Å². The number of rotatable bonds is 7. The predicted molar refractivity (Wildman–Crippen MR) is 92.7 cm³/mol. The van der Waals surface area contributed by atoms with E-state index < -0.39 is 0 Å². The molecule has 118 valence electrons. The van der Waals surface area contributed by atoms with Gasteiger partial charge in [-0.2, -0.15) is 0 Å². The van der Waals surface area contributed by atoms with Crippen molar-refractivity contribution < 1.29 is 0 Å². The van der Waals surface area contributed by atoms with Gasteiger partial charge >= 0.3 is 0 Å². The fraction of sp³-hybridized carbons (Fsp3) is 0.700. The maximum atomic E-state index is 3.93. The molecule has 0 amide bonds. The minimum atomic E-state index is 0.351. The Morgan fingerprint density at radius 1 is 1.05 bits per heavy atom. The first-order chi connectivity index (χ1) is 10.2. The second-order valence-electron chi connectivity index (χ2n) is 6.90. The van der Waals surface area contributed by atoms with Crippen molar-refractivity contribution in [2.24, 2.45) is 5.92 Å². The first-order valence-electron chi connectivity index (χ1n) is 9.03. The van der Waals surface area contributed by atoms with Crippen molar-refractivity contribution in [1.82, 2.24) is 5.32 Å². The highest BCUT2D eigenvalue weighted by Gasteiger charge is 2.42. The Balaban J connectivity index is 2.36. The summed E-state index contributed by atoms with van der Waals surface area (Å²) in [6.07, 6.45) is 9.36. The molecule has 1 aliphatic carbocycles. The van der Waals surface area contributed by atoms with E-state index in [2.05, 4.69) is 56.4 Å². The average molecular weight is 287 g/mol. The molecule has 1 fully saturated rings. The lowest BCUT2D eigenvalue weighted by molar-refractivity contribution is 0.165. The van der Waals surface area contributed by atoms with Crippen LogP contribution < -0.4 is 5.32 Å². The Hall–Kier alpha value is -0.820. The summed E-state index contributed by atoms with van der Waals surface area (Å²) in [5.74, 6) is 0.731. The van der Waals surface area contributed by atoms with E-state index in [-0.39, 0.29) is 0 Å². The van der Waals surface area contributed by atoms with E-state index >= 15 is 0 Å². The van der Waals surface area contributed by atoms with E-state index in [0.717, 1.165) is 12.5 Å². The van der Waals surface area contributed by atoms with Crippen molar-refractivity contribution in [2.75, 3.05) is 6.54 Å². The maximum Gasteiger partial charge on any atom is 0.0189 e. The van der Waals surface area contributed by atoms with Gasteiger partial charge in [-0.15, -0.1) is 0 Å². The zero-order valence-electron chi connectivity index (χ0n) is 14.2. The van der Waals surface area contributed by atoms with Crippen LogP contribution in [0.25, 0.3) is 0 Å². The van der Waals surface area contributed by atoms with E-state index in [1.165, 1.54) is 44.9 Å². The highest BCUT2D eigenvalue weighted by atomic mass is 14.9. The average Bonchev–Trinajstić information content (AvgIpc) is 2.56. The second kappa shape index (κ2) is 7.98. The van der Waals surface area contributed by atoms with Crippen LogP contribution in [0, 0.1) is 5.92 Å². The third kappa shape index (κ3) is 3.69. The number of nitrogens with one attached hydrogen (secondary N) is 1. The van der Waals surface area contributed by atoms with Crippen molar-refractivity contribution in [3.63, 3.8) is 0 Å². The van der Waals surface area contributed by atoms with Crippen LogP contribution in [0.2, 0.25) is 0 Å². The van der Waals surface area contributed by atoms with Gasteiger partial charge in [-0.05, 0) is 37.3 Å². The second-order valence-corrected chi connectivity index (χ2v) is 6.90. The largest absolute Gasteiger partial charge is 0.313 e. The quantitative estimate of drug-likeness (QED) is 0.717. The monoisotopic (exact) mass is 287 g/mol. The molecule has 1 N–H and O–H groups in total. The SMILES string of the molecule is CCCNC(C(C)CC)C1(c2ccccc2)CCCCC1. The first kappa shape index (κ1) is 16.5. The fourth-order valence-corrected chi connectivity index (χ4v) is 4.21. The van der Waals surface area contributed by atoms with Gasteiger partial charge < -0.3 is 5.32 Å². The summed E-state index contributed by atoms with van der Waals surface area (Å²) in [7, 11) is 0. The summed E-state index contributed by atoms with van der Waals surface area (Å²) < 4.78 is 0.